The molecule has 0 unspecified atom stereocenters. The van der Waals surface area contributed by atoms with Crippen molar-refractivity contribution < 1.29 is 0 Å². The molecular formula is C26H20N2. The summed E-state index contributed by atoms with van der Waals surface area (Å²) < 4.78 is 4.46. The predicted molar refractivity (Wildman–Crippen MR) is 124 cm³/mol. The highest BCUT2D eigenvalue weighted by Crippen LogP contribution is 2.40. The Hall–Kier alpha value is -3.78. The van der Waals surface area contributed by atoms with Gasteiger partial charge in [-0.3, -0.25) is 0 Å². The van der Waals surface area contributed by atoms with Crippen LogP contribution in [0.5, 0.6) is 0 Å². The molecule has 0 fully saturated rings. The third-order valence-corrected chi connectivity index (χ3v) is 5.44. The van der Waals surface area contributed by atoms with Crippen LogP contribution in [0.1, 0.15) is 0 Å². The van der Waals surface area contributed by atoms with Crippen molar-refractivity contribution in [1.29, 1.82) is 0 Å². The Labute approximate surface area is 163 Å². The third-order valence-electron chi connectivity index (χ3n) is 5.44. The monoisotopic (exact) mass is 360 g/mol. The number of fused-ring (bicyclic) bond motifs is 7. The molecule has 2 heteroatoms. The van der Waals surface area contributed by atoms with Crippen LogP contribution in [0.4, 0.5) is 0 Å². The molecule has 0 atom stereocenters. The molecule has 0 spiro atoms. The van der Waals surface area contributed by atoms with E-state index in [1.54, 1.807) is 6.08 Å². The summed E-state index contributed by atoms with van der Waals surface area (Å²) >= 11 is 0. The highest BCUT2D eigenvalue weighted by Gasteiger charge is 2.18. The fraction of sp³-hybridized carbons (Fsp3) is 0. The molecule has 0 amide bonds. The highest BCUT2D eigenvalue weighted by molar-refractivity contribution is 6.26. The topological polar surface area (TPSA) is 9.86 Å². The maximum atomic E-state index is 4.09. The van der Waals surface area contributed by atoms with Gasteiger partial charge < -0.3 is 9.13 Å². The second-order valence-electron chi connectivity index (χ2n) is 6.81. The number of benzene rings is 3. The SMILES string of the molecule is C=C/C=C(\C=C)n1c2ccccc2c2c3c(ccc21)c1ccccc1n3C=C. The fourth-order valence-corrected chi connectivity index (χ4v) is 4.36. The molecule has 3 aromatic carbocycles. The Morgan fingerprint density at radius 3 is 2.14 bits per heavy atom. The lowest BCUT2D eigenvalue weighted by molar-refractivity contribution is 1.24. The van der Waals surface area contributed by atoms with E-state index < -0.39 is 0 Å². The lowest BCUT2D eigenvalue weighted by Gasteiger charge is -2.08. The zero-order valence-corrected chi connectivity index (χ0v) is 15.6. The highest BCUT2D eigenvalue weighted by atomic mass is 15.0. The Kier molecular flexibility index (Phi) is 3.59. The van der Waals surface area contributed by atoms with E-state index in [1.165, 1.54) is 32.6 Å². The van der Waals surface area contributed by atoms with Gasteiger partial charge in [0.1, 0.15) is 0 Å². The van der Waals surface area contributed by atoms with E-state index in [4.69, 9.17) is 0 Å². The minimum Gasteiger partial charge on any atom is -0.316 e. The normalized spacial score (nSPS) is 12.2. The number of rotatable bonds is 4. The molecule has 28 heavy (non-hydrogen) atoms. The number of hydrogen-bond donors (Lipinski definition) is 0. The summed E-state index contributed by atoms with van der Waals surface area (Å²) in [4.78, 5) is 0. The van der Waals surface area contributed by atoms with E-state index >= 15 is 0 Å². The van der Waals surface area contributed by atoms with E-state index in [-0.39, 0.29) is 0 Å². The van der Waals surface area contributed by atoms with E-state index in [9.17, 15) is 0 Å². The van der Waals surface area contributed by atoms with Gasteiger partial charge in [-0.25, -0.2) is 0 Å². The van der Waals surface area contributed by atoms with Gasteiger partial charge in [-0.05, 0) is 30.4 Å². The Morgan fingerprint density at radius 2 is 1.43 bits per heavy atom. The largest absolute Gasteiger partial charge is 0.316 e. The molecule has 5 rings (SSSR count). The van der Waals surface area contributed by atoms with Crippen molar-refractivity contribution >= 4 is 55.5 Å². The molecule has 134 valence electrons. The van der Waals surface area contributed by atoms with Crippen molar-refractivity contribution in [2.24, 2.45) is 0 Å². The standard InChI is InChI=1S/C26H20N2/c1-4-11-18(5-2)28-23-15-10-8-13-21(23)25-24(28)17-16-20-19-12-7-9-14-22(19)27(6-3)26(20)25/h4-17H,1-3H2/b18-11+. The number of hydrogen-bond acceptors (Lipinski definition) is 0. The molecule has 2 nitrogen and oxygen atoms in total. The van der Waals surface area contributed by atoms with Gasteiger partial charge in [-0.15, -0.1) is 0 Å². The van der Waals surface area contributed by atoms with E-state index in [2.05, 4.69) is 89.5 Å². The molecule has 0 bridgehead atoms. The Balaban J connectivity index is 2.12. The van der Waals surface area contributed by atoms with E-state index in [1.807, 2.05) is 18.4 Å². The molecule has 0 radical (unpaired) electrons. The van der Waals surface area contributed by atoms with Crippen molar-refractivity contribution in [3.63, 3.8) is 0 Å². The predicted octanol–water partition coefficient (Wildman–Crippen LogP) is 7.22. The Bertz CT molecular complexity index is 1450. The number of nitrogens with zero attached hydrogens (tertiary/aromatic N) is 2. The van der Waals surface area contributed by atoms with Gasteiger partial charge in [0.05, 0.1) is 22.1 Å². The summed E-state index contributed by atoms with van der Waals surface area (Å²) in [6.45, 7) is 12.0. The van der Waals surface area contributed by atoms with Crippen LogP contribution in [0.2, 0.25) is 0 Å². The van der Waals surface area contributed by atoms with Crippen LogP contribution < -0.4 is 0 Å². The average molecular weight is 360 g/mol. The van der Waals surface area contributed by atoms with Gasteiger partial charge >= 0.3 is 0 Å². The van der Waals surface area contributed by atoms with Gasteiger partial charge in [0.2, 0.25) is 0 Å². The molecule has 0 aliphatic rings. The number of allylic oxidation sites excluding steroid dienone is 4. The first-order valence-electron chi connectivity index (χ1n) is 9.33. The number of para-hydroxylation sites is 2. The van der Waals surface area contributed by atoms with Gasteiger partial charge in [-0.2, -0.15) is 0 Å². The first-order chi connectivity index (χ1) is 13.8. The average Bonchev–Trinajstić information content (AvgIpc) is 3.24. The molecule has 0 aliphatic heterocycles. The zero-order valence-electron chi connectivity index (χ0n) is 15.6. The molecule has 0 saturated carbocycles. The summed E-state index contributed by atoms with van der Waals surface area (Å²) in [6, 6.07) is 21.4. The quantitative estimate of drug-likeness (QED) is 0.300. The van der Waals surface area contributed by atoms with Crippen molar-refractivity contribution in [2.75, 3.05) is 0 Å². The number of aromatic nitrogens is 2. The van der Waals surface area contributed by atoms with Gasteiger partial charge in [0, 0.05) is 33.4 Å². The second-order valence-corrected chi connectivity index (χ2v) is 6.81. The van der Waals surface area contributed by atoms with Crippen LogP contribution in [0.3, 0.4) is 0 Å². The third kappa shape index (κ3) is 2.03. The van der Waals surface area contributed by atoms with Crippen LogP contribution in [-0.4, -0.2) is 9.13 Å². The minimum absolute atomic E-state index is 1.00. The van der Waals surface area contributed by atoms with Gasteiger partial charge in [0.25, 0.3) is 0 Å². The van der Waals surface area contributed by atoms with Crippen LogP contribution >= 0.6 is 0 Å². The molecule has 5 aromatic rings. The zero-order chi connectivity index (χ0) is 19.3. The molecule has 0 N–H and O–H groups in total. The van der Waals surface area contributed by atoms with Crippen LogP contribution in [0, 0.1) is 0 Å². The smallest absolute Gasteiger partial charge is 0.0635 e. The molecule has 0 aliphatic carbocycles. The van der Waals surface area contributed by atoms with Crippen LogP contribution in [0.25, 0.3) is 55.5 Å². The van der Waals surface area contributed by atoms with Crippen molar-refractivity contribution in [3.05, 3.63) is 98.6 Å². The van der Waals surface area contributed by atoms with E-state index in [0.29, 0.717) is 0 Å². The van der Waals surface area contributed by atoms with Crippen molar-refractivity contribution in [1.82, 2.24) is 9.13 Å². The maximum Gasteiger partial charge on any atom is 0.0635 e. The summed E-state index contributed by atoms with van der Waals surface area (Å²) in [5.74, 6) is 0. The summed E-state index contributed by atoms with van der Waals surface area (Å²) in [6.07, 6.45) is 7.58. The van der Waals surface area contributed by atoms with Gasteiger partial charge in [-0.1, -0.05) is 68.3 Å². The summed E-state index contributed by atoms with van der Waals surface area (Å²) in [5.41, 5.74) is 5.65. The molecule has 2 heterocycles. The first-order valence-corrected chi connectivity index (χ1v) is 9.33. The molecular weight excluding hydrogens is 340 g/mol. The van der Waals surface area contributed by atoms with Crippen LogP contribution in [-0.2, 0) is 0 Å². The lowest BCUT2D eigenvalue weighted by atomic mass is 10.1. The van der Waals surface area contributed by atoms with E-state index in [0.717, 1.165) is 16.7 Å². The summed E-state index contributed by atoms with van der Waals surface area (Å²) in [7, 11) is 0. The second kappa shape index (κ2) is 6.14. The van der Waals surface area contributed by atoms with Crippen LogP contribution in [0.15, 0.2) is 98.6 Å². The van der Waals surface area contributed by atoms with Gasteiger partial charge in [0.15, 0.2) is 0 Å². The van der Waals surface area contributed by atoms with Crippen molar-refractivity contribution in [2.45, 2.75) is 0 Å². The molecule has 2 aromatic heterocycles. The maximum absolute atomic E-state index is 4.09. The summed E-state index contributed by atoms with van der Waals surface area (Å²) in [5, 5.41) is 4.91. The van der Waals surface area contributed by atoms with Crippen molar-refractivity contribution in [3.8, 4) is 0 Å². The first kappa shape index (κ1) is 16.4. The lowest BCUT2D eigenvalue weighted by Crippen LogP contribution is -1.94. The minimum atomic E-state index is 1.00. The fourth-order valence-electron chi connectivity index (χ4n) is 4.36. The molecule has 0 saturated heterocycles. The Morgan fingerprint density at radius 1 is 0.714 bits per heavy atom.